The highest BCUT2D eigenvalue weighted by Gasteiger charge is 2.30. The molecular formula is C13H13FN2O3. The second-order valence-electron chi connectivity index (χ2n) is 4.17. The van der Waals surface area contributed by atoms with Gasteiger partial charge in [-0.25, -0.2) is 4.39 Å². The summed E-state index contributed by atoms with van der Waals surface area (Å²) in [6.07, 6.45) is 1.16. The van der Waals surface area contributed by atoms with Crippen LogP contribution in [0.2, 0.25) is 0 Å². The summed E-state index contributed by atoms with van der Waals surface area (Å²) < 4.78 is 13.1. The number of hydrogen-bond donors (Lipinski definition) is 2. The Labute approximate surface area is 109 Å². The first-order valence-electron chi connectivity index (χ1n) is 5.74. The van der Waals surface area contributed by atoms with Gasteiger partial charge in [-0.3, -0.25) is 14.5 Å². The number of β-amino-alcohol motifs (C(OH)–C–C–N with tert-alkyl or cyclic N) is 1. The van der Waals surface area contributed by atoms with Gasteiger partial charge >= 0.3 is 0 Å². The standard InChI is InChI=1S/C13H13FN2O3/c1-8-6-9(2-3-10(8)14)15-11-7-12(18)16(4-5-17)13(11)19/h2-3,6-7,15,17H,4-5H2,1H3. The fourth-order valence-electron chi connectivity index (χ4n) is 1.79. The molecule has 0 radical (unpaired) electrons. The van der Waals surface area contributed by atoms with Crippen molar-refractivity contribution in [1.82, 2.24) is 4.90 Å². The molecule has 19 heavy (non-hydrogen) atoms. The average molecular weight is 264 g/mol. The number of rotatable bonds is 4. The van der Waals surface area contributed by atoms with Crippen LogP contribution in [-0.2, 0) is 9.59 Å². The predicted molar refractivity (Wildman–Crippen MR) is 66.6 cm³/mol. The topological polar surface area (TPSA) is 69.6 Å². The van der Waals surface area contributed by atoms with Gasteiger partial charge in [0.25, 0.3) is 11.8 Å². The van der Waals surface area contributed by atoms with Crippen molar-refractivity contribution in [2.24, 2.45) is 0 Å². The van der Waals surface area contributed by atoms with Crippen LogP contribution in [0, 0.1) is 12.7 Å². The van der Waals surface area contributed by atoms with E-state index in [1.165, 1.54) is 12.1 Å². The molecular weight excluding hydrogens is 251 g/mol. The molecule has 2 N–H and O–H groups in total. The molecule has 0 saturated heterocycles. The summed E-state index contributed by atoms with van der Waals surface area (Å²) in [7, 11) is 0. The zero-order chi connectivity index (χ0) is 14.0. The molecule has 1 aliphatic heterocycles. The number of amides is 2. The highest BCUT2D eigenvalue weighted by molar-refractivity contribution is 6.17. The molecule has 5 nitrogen and oxygen atoms in total. The number of hydrogen-bond acceptors (Lipinski definition) is 4. The number of aryl methyl sites for hydroxylation is 1. The van der Waals surface area contributed by atoms with Crippen molar-refractivity contribution >= 4 is 17.5 Å². The van der Waals surface area contributed by atoms with E-state index in [0.717, 1.165) is 11.0 Å². The Morgan fingerprint density at radius 1 is 1.37 bits per heavy atom. The summed E-state index contributed by atoms with van der Waals surface area (Å²) in [5.41, 5.74) is 1.08. The van der Waals surface area contributed by atoms with Crippen LogP contribution in [0.4, 0.5) is 10.1 Å². The highest BCUT2D eigenvalue weighted by atomic mass is 19.1. The molecule has 0 atom stereocenters. The summed E-state index contributed by atoms with van der Waals surface area (Å²) in [5.74, 6) is -1.31. The number of imide groups is 1. The van der Waals surface area contributed by atoms with E-state index >= 15 is 0 Å². The smallest absolute Gasteiger partial charge is 0.277 e. The van der Waals surface area contributed by atoms with E-state index in [4.69, 9.17) is 5.11 Å². The van der Waals surface area contributed by atoms with Crippen molar-refractivity contribution in [3.8, 4) is 0 Å². The lowest BCUT2D eigenvalue weighted by Gasteiger charge is -2.13. The Morgan fingerprint density at radius 2 is 2.11 bits per heavy atom. The minimum Gasteiger partial charge on any atom is -0.395 e. The van der Waals surface area contributed by atoms with Gasteiger partial charge in [-0.15, -0.1) is 0 Å². The first-order valence-corrected chi connectivity index (χ1v) is 5.74. The van der Waals surface area contributed by atoms with Crippen molar-refractivity contribution in [3.05, 3.63) is 41.4 Å². The first kappa shape index (κ1) is 13.2. The Bertz CT molecular complexity index is 569. The molecule has 2 rings (SSSR count). The second kappa shape index (κ2) is 5.19. The summed E-state index contributed by atoms with van der Waals surface area (Å²) in [6, 6.07) is 4.31. The van der Waals surface area contributed by atoms with Crippen molar-refractivity contribution in [2.75, 3.05) is 18.5 Å². The lowest BCUT2D eigenvalue weighted by Crippen LogP contribution is -2.34. The number of anilines is 1. The number of carbonyl (C=O) groups is 2. The Balaban J connectivity index is 2.16. The molecule has 6 heteroatoms. The van der Waals surface area contributed by atoms with Crippen LogP contribution in [0.3, 0.4) is 0 Å². The Hall–Kier alpha value is -2.21. The van der Waals surface area contributed by atoms with E-state index in [-0.39, 0.29) is 24.7 Å². The van der Waals surface area contributed by atoms with E-state index in [2.05, 4.69) is 5.32 Å². The van der Waals surface area contributed by atoms with Crippen LogP contribution in [-0.4, -0.2) is 35.0 Å². The molecule has 0 unspecified atom stereocenters. The fraction of sp³-hybridized carbons (Fsp3) is 0.231. The molecule has 0 bridgehead atoms. The van der Waals surface area contributed by atoms with E-state index in [0.29, 0.717) is 11.3 Å². The molecule has 0 aliphatic carbocycles. The molecule has 1 heterocycles. The molecule has 2 amide bonds. The number of benzene rings is 1. The van der Waals surface area contributed by atoms with Gasteiger partial charge in [-0.2, -0.15) is 0 Å². The van der Waals surface area contributed by atoms with E-state index in [1.54, 1.807) is 13.0 Å². The monoisotopic (exact) mass is 264 g/mol. The minimum atomic E-state index is -0.499. The number of aliphatic hydroxyl groups excluding tert-OH is 1. The quantitative estimate of drug-likeness (QED) is 0.789. The van der Waals surface area contributed by atoms with Crippen molar-refractivity contribution in [2.45, 2.75) is 6.92 Å². The number of aliphatic hydroxyl groups is 1. The van der Waals surface area contributed by atoms with Crippen LogP contribution >= 0.6 is 0 Å². The Morgan fingerprint density at radius 3 is 2.74 bits per heavy atom. The molecule has 0 aromatic heterocycles. The Kier molecular flexibility index (Phi) is 3.62. The zero-order valence-corrected chi connectivity index (χ0v) is 10.3. The number of halogens is 1. The summed E-state index contributed by atoms with van der Waals surface area (Å²) in [4.78, 5) is 24.3. The van der Waals surface area contributed by atoms with E-state index in [9.17, 15) is 14.0 Å². The maximum absolute atomic E-state index is 13.1. The summed E-state index contributed by atoms with van der Waals surface area (Å²) >= 11 is 0. The molecule has 0 saturated carbocycles. The van der Waals surface area contributed by atoms with Crippen molar-refractivity contribution in [1.29, 1.82) is 0 Å². The minimum absolute atomic E-state index is 0.0399. The molecule has 1 aromatic carbocycles. The third kappa shape index (κ3) is 2.63. The molecule has 1 aromatic rings. The lowest BCUT2D eigenvalue weighted by molar-refractivity contribution is -0.137. The van der Waals surface area contributed by atoms with Gasteiger partial charge in [0.2, 0.25) is 0 Å². The largest absolute Gasteiger partial charge is 0.395 e. The van der Waals surface area contributed by atoms with Crippen LogP contribution in [0.1, 0.15) is 5.56 Å². The highest BCUT2D eigenvalue weighted by Crippen LogP contribution is 2.19. The van der Waals surface area contributed by atoms with Crippen LogP contribution in [0.5, 0.6) is 0 Å². The second-order valence-corrected chi connectivity index (χ2v) is 4.17. The van der Waals surface area contributed by atoms with E-state index < -0.39 is 11.8 Å². The normalized spacial score (nSPS) is 14.9. The number of nitrogens with one attached hydrogen (secondary N) is 1. The molecule has 100 valence electrons. The van der Waals surface area contributed by atoms with Gasteiger partial charge < -0.3 is 10.4 Å². The molecule has 1 aliphatic rings. The van der Waals surface area contributed by atoms with Crippen molar-refractivity contribution in [3.63, 3.8) is 0 Å². The van der Waals surface area contributed by atoms with E-state index in [1.807, 2.05) is 0 Å². The van der Waals surface area contributed by atoms with Gasteiger partial charge in [0.05, 0.1) is 13.2 Å². The maximum Gasteiger partial charge on any atom is 0.277 e. The number of carbonyl (C=O) groups excluding carboxylic acids is 2. The lowest BCUT2D eigenvalue weighted by atomic mass is 10.2. The van der Waals surface area contributed by atoms with Crippen LogP contribution in [0.15, 0.2) is 30.0 Å². The molecule has 0 fully saturated rings. The first-order chi connectivity index (χ1) is 9.02. The van der Waals surface area contributed by atoms with Gasteiger partial charge in [0.15, 0.2) is 0 Å². The average Bonchev–Trinajstić information content (AvgIpc) is 2.62. The third-order valence-corrected chi connectivity index (χ3v) is 2.77. The van der Waals surface area contributed by atoms with Gasteiger partial charge in [-0.1, -0.05) is 0 Å². The predicted octanol–water partition coefficient (Wildman–Crippen LogP) is 0.791. The third-order valence-electron chi connectivity index (χ3n) is 2.77. The van der Waals surface area contributed by atoms with Gasteiger partial charge in [0, 0.05) is 11.8 Å². The molecule has 0 spiro atoms. The van der Waals surface area contributed by atoms with Crippen molar-refractivity contribution < 1.29 is 19.1 Å². The number of nitrogens with zero attached hydrogens (tertiary/aromatic N) is 1. The zero-order valence-electron chi connectivity index (χ0n) is 10.3. The SMILES string of the molecule is Cc1cc(NC2=CC(=O)N(CCO)C2=O)ccc1F. The fourth-order valence-corrected chi connectivity index (χ4v) is 1.79. The van der Waals surface area contributed by atoms with Gasteiger partial charge in [-0.05, 0) is 30.7 Å². The summed E-state index contributed by atoms with van der Waals surface area (Å²) in [5, 5.41) is 11.6. The summed E-state index contributed by atoms with van der Waals surface area (Å²) in [6.45, 7) is 1.28. The maximum atomic E-state index is 13.1. The van der Waals surface area contributed by atoms with Crippen LogP contribution in [0.25, 0.3) is 0 Å². The van der Waals surface area contributed by atoms with Crippen LogP contribution < -0.4 is 5.32 Å². The van der Waals surface area contributed by atoms with Gasteiger partial charge in [0.1, 0.15) is 11.5 Å².